The highest BCUT2D eigenvalue weighted by Gasteiger charge is 2.20. The molecule has 0 aliphatic rings. The van der Waals surface area contributed by atoms with Crippen LogP contribution in [0.4, 0.5) is 5.69 Å². The number of carbonyl (C=O) groups is 2. The molecule has 2 aromatic carbocycles. The summed E-state index contributed by atoms with van der Waals surface area (Å²) in [4.78, 5) is 26.3. The van der Waals surface area contributed by atoms with Gasteiger partial charge in [-0.05, 0) is 30.7 Å². The van der Waals surface area contributed by atoms with Crippen LogP contribution < -0.4 is 4.90 Å². The van der Waals surface area contributed by atoms with E-state index in [9.17, 15) is 18.0 Å². The van der Waals surface area contributed by atoms with Crippen molar-refractivity contribution in [1.82, 2.24) is 0 Å². The molecule has 7 heteroatoms. The minimum absolute atomic E-state index is 0.243. The van der Waals surface area contributed by atoms with Gasteiger partial charge in [0.1, 0.15) is 0 Å². The monoisotopic (exact) mass is 389 g/mol. The van der Waals surface area contributed by atoms with Gasteiger partial charge in [-0.1, -0.05) is 50.1 Å². The van der Waals surface area contributed by atoms with Crippen molar-refractivity contribution in [2.75, 3.05) is 11.4 Å². The van der Waals surface area contributed by atoms with Crippen molar-refractivity contribution in [3.63, 3.8) is 0 Å². The molecule has 0 aliphatic carbocycles. The van der Waals surface area contributed by atoms with Gasteiger partial charge in [-0.3, -0.25) is 14.1 Å². The molecule has 0 heterocycles. The van der Waals surface area contributed by atoms with Gasteiger partial charge < -0.3 is 4.90 Å². The number of anilines is 1. The molecule has 1 amide bonds. The lowest BCUT2D eigenvalue weighted by molar-refractivity contribution is -0.117. The Balaban J connectivity index is 2.20. The maximum Gasteiger partial charge on any atom is 0.294 e. The smallest absolute Gasteiger partial charge is 0.294 e. The first-order chi connectivity index (χ1) is 12.8. The van der Waals surface area contributed by atoms with E-state index in [4.69, 9.17) is 4.55 Å². The number of nitrogens with zero attached hydrogens (tertiary/aromatic N) is 1. The number of carbonyl (C=O) groups excluding carboxylic acids is 2. The van der Waals surface area contributed by atoms with Crippen molar-refractivity contribution in [2.24, 2.45) is 0 Å². The zero-order chi connectivity index (χ0) is 19.9. The molecule has 0 unspecified atom stereocenters. The van der Waals surface area contributed by atoms with Crippen LogP contribution in [-0.2, 0) is 14.9 Å². The molecule has 0 atom stereocenters. The van der Waals surface area contributed by atoms with E-state index in [-0.39, 0.29) is 23.0 Å². The number of hydrogen-bond acceptors (Lipinski definition) is 4. The van der Waals surface area contributed by atoms with Crippen molar-refractivity contribution < 1.29 is 22.6 Å². The van der Waals surface area contributed by atoms with Gasteiger partial charge >= 0.3 is 0 Å². The average Bonchev–Trinajstić information content (AvgIpc) is 2.65. The van der Waals surface area contributed by atoms with Gasteiger partial charge in [-0.15, -0.1) is 0 Å². The summed E-state index contributed by atoms with van der Waals surface area (Å²) in [7, 11) is -4.30. The predicted molar refractivity (Wildman–Crippen MR) is 104 cm³/mol. The van der Waals surface area contributed by atoms with E-state index >= 15 is 0 Å². The average molecular weight is 389 g/mol. The number of ketones is 1. The SMILES string of the molecule is CCCCCN(C(=O)CC(=O)c1ccccc1)c1ccc(S(=O)(=O)O)cc1. The molecule has 0 saturated heterocycles. The van der Waals surface area contributed by atoms with E-state index in [2.05, 4.69) is 0 Å². The van der Waals surface area contributed by atoms with Gasteiger partial charge in [0.2, 0.25) is 5.91 Å². The first-order valence-corrected chi connectivity index (χ1v) is 10.2. The first-order valence-electron chi connectivity index (χ1n) is 8.79. The van der Waals surface area contributed by atoms with Gasteiger partial charge in [0.05, 0.1) is 11.3 Å². The first kappa shape index (κ1) is 20.8. The summed E-state index contributed by atoms with van der Waals surface area (Å²) in [6.45, 7) is 2.48. The highest BCUT2D eigenvalue weighted by Crippen LogP contribution is 2.20. The molecule has 0 aliphatic heterocycles. The van der Waals surface area contributed by atoms with Crippen LogP contribution in [0.3, 0.4) is 0 Å². The maximum absolute atomic E-state index is 12.7. The summed E-state index contributed by atoms with van der Waals surface area (Å²) in [5.41, 5.74) is 0.963. The number of Topliss-reactive ketones (excluding diaryl/α,β-unsaturated/α-hetero) is 1. The summed E-state index contributed by atoms with van der Waals surface area (Å²) < 4.78 is 31.5. The molecule has 0 saturated carbocycles. The van der Waals surface area contributed by atoms with Crippen LogP contribution in [0.2, 0.25) is 0 Å². The Morgan fingerprint density at radius 2 is 1.59 bits per heavy atom. The predicted octanol–water partition coefficient (Wildman–Crippen LogP) is 3.73. The van der Waals surface area contributed by atoms with Crippen LogP contribution in [0.1, 0.15) is 43.0 Å². The number of hydrogen-bond donors (Lipinski definition) is 1. The van der Waals surface area contributed by atoms with E-state index in [0.717, 1.165) is 19.3 Å². The summed E-state index contributed by atoms with van der Waals surface area (Å²) in [6, 6.07) is 14.0. The zero-order valence-electron chi connectivity index (χ0n) is 15.2. The molecule has 0 radical (unpaired) electrons. The third-order valence-corrected chi connectivity index (χ3v) is 5.01. The zero-order valence-corrected chi connectivity index (χ0v) is 16.0. The van der Waals surface area contributed by atoms with E-state index < -0.39 is 10.1 Å². The van der Waals surface area contributed by atoms with E-state index in [1.165, 1.54) is 29.2 Å². The van der Waals surface area contributed by atoms with Crippen molar-refractivity contribution in [1.29, 1.82) is 0 Å². The molecule has 0 spiro atoms. The van der Waals surface area contributed by atoms with Crippen LogP contribution in [0.25, 0.3) is 0 Å². The molecule has 0 aromatic heterocycles. The van der Waals surface area contributed by atoms with Crippen LogP contribution in [0.15, 0.2) is 59.5 Å². The van der Waals surface area contributed by atoms with Gasteiger partial charge in [0.15, 0.2) is 5.78 Å². The minimum atomic E-state index is -4.30. The Morgan fingerprint density at radius 3 is 2.15 bits per heavy atom. The normalized spacial score (nSPS) is 11.2. The molecule has 2 aromatic rings. The Hall–Kier alpha value is -2.51. The third kappa shape index (κ3) is 6.01. The number of rotatable bonds is 9. The van der Waals surface area contributed by atoms with Crippen LogP contribution >= 0.6 is 0 Å². The maximum atomic E-state index is 12.7. The van der Waals surface area contributed by atoms with Crippen molar-refractivity contribution >= 4 is 27.5 Å². The van der Waals surface area contributed by atoms with Crippen LogP contribution in [-0.4, -0.2) is 31.2 Å². The molecule has 0 bridgehead atoms. The summed E-state index contributed by atoms with van der Waals surface area (Å²) in [5.74, 6) is -0.616. The highest BCUT2D eigenvalue weighted by atomic mass is 32.2. The summed E-state index contributed by atoms with van der Waals surface area (Å²) in [5, 5.41) is 0. The van der Waals surface area contributed by atoms with Crippen LogP contribution in [0.5, 0.6) is 0 Å². The largest absolute Gasteiger partial charge is 0.312 e. The number of benzene rings is 2. The fraction of sp³-hybridized carbons (Fsp3) is 0.300. The number of amides is 1. The lowest BCUT2D eigenvalue weighted by Gasteiger charge is -2.23. The van der Waals surface area contributed by atoms with Gasteiger partial charge in [-0.2, -0.15) is 8.42 Å². The topological polar surface area (TPSA) is 91.8 Å². The van der Waals surface area contributed by atoms with Crippen molar-refractivity contribution in [3.05, 3.63) is 60.2 Å². The Bertz CT molecular complexity index is 876. The van der Waals surface area contributed by atoms with Crippen molar-refractivity contribution in [2.45, 2.75) is 37.5 Å². The molecule has 1 N–H and O–H groups in total. The summed E-state index contributed by atoms with van der Waals surface area (Å²) >= 11 is 0. The van der Waals surface area contributed by atoms with Crippen LogP contribution in [0, 0.1) is 0 Å². The molecular formula is C20H23NO5S. The molecule has 27 heavy (non-hydrogen) atoms. The fourth-order valence-corrected chi connectivity index (χ4v) is 3.15. The fourth-order valence-electron chi connectivity index (χ4n) is 2.67. The van der Waals surface area contributed by atoms with Gasteiger partial charge in [0.25, 0.3) is 10.1 Å². The lowest BCUT2D eigenvalue weighted by Crippen LogP contribution is -2.33. The Morgan fingerprint density at radius 1 is 0.963 bits per heavy atom. The standard InChI is InChI=1S/C20H23NO5S/c1-2-3-7-14-21(17-10-12-18(13-11-17)27(24,25)26)20(23)15-19(22)16-8-5-4-6-9-16/h4-6,8-13H,2-3,7,14-15H2,1H3,(H,24,25,26). The number of unbranched alkanes of at least 4 members (excludes halogenated alkanes) is 2. The van der Waals surface area contributed by atoms with Gasteiger partial charge in [-0.25, -0.2) is 0 Å². The molecular weight excluding hydrogens is 366 g/mol. The minimum Gasteiger partial charge on any atom is -0.312 e. The Labute approximate surface area is 159 Å². The highest BCUT2D eigenvalue weighted by molar-refractivity contribution is 7.85. The lowest BCUT2D eigenvalue weighted by atomic mass is 10.1. The van der Waals surface area contributed by atoms with E-state index in [1.54, 1.807) is 30.3 Å². The van der Waals surface area contributed by atoms with E-state index in [1.807, 2.05) is 6.92 Å². The Kier molecular flexibility index (Phi) is 7.27. The molecule has 2 rings (SSSR count). The van der Waals surface area contributed by atoms with E-state index in [0.29, 0.717) is 17.8 Å². The van der Waals surface area contributed by atoms with Crippen molar-refractivity contribution in [3.8, 4) is 0 Å². The second-order valence-electron chi connectivity index (χ2n) is 6.19. The molecule has 0 fully saturated rings. The second-order valence-corrected chi connectivity index (χ2v) is 7.61. The molecule has 144 valence electrons. The third-order valence-electron chi connectivity index (χ3n) is 4.14. The summed E-state index contributed by atoms with van der Waals surface area (Å²) in [6.07, 6.45) is 2.41. The molecule has 6 nitrogen and oxygen atoms in total. The van der Waals surface area contributed by atoms with Gasteiger partial charge in [0, 0.05) is 17.8 Å². The second kappa shape index (κ2) is 9.43. The quantitative estimate of drug-likeness (QED) is 0.305.